The Hall–Kier alpha value is -2.48. The summed E-state index contributed by atoms with van der Waals surface area (Å²) in [6, 6.07) is 2.20. The fraction of sp³-hybridized carbons (Fsp3) is 0.652. The molecule has 5 rings (SSSR count). The first-order chi connectivity index (χ1) is 15.1. The maximum absolute atomic E-state index is 13.2. The van der Waals surface area contributed by atoms with Gasteiger partial charge in [-0.15, -0.1) is 0 Å². The lowest BCUT2D eigenvalue weighted by atomic mass is 9.99. The van der Waals surface area contributed by atoms with Gasteiger partial charge in [-0.3, -0.25) is 19.2 Å². The highest BCUT2D eigenvalue weighted by Gasteiger charge is 2.34. The van der Waals surface area contributed by atoms with E-state index in [-0.39, 0.29) is 17.5 Å². The first-order valence-electron chi connectivity index (χ1n) is 11.8. The third-order valence-corrected chi connectivity index (χ3v) is 7.23. The van der Waals surface area contributed by atoms with Gasteiger partial charge in [0, 0.05) is 44.0 Å². The van der Waals surface area contributed by atoms with Crippen LogP contribution in [0.2, 0.25) is 0 Å². The molecule has 0 radical (unpaired) electrons. The second-order valence-corrected chi connectivity index (χ2v) is 9.10. The van der Waals surface area contributed by atoms with Crippen LogP contribution >= 0.6 is 0 Å². The summed E-state index contributed by atoms with van der Waals surface area (Å²) in [6.45, 7) is 5.08. The van der Waals surface area contributed by atoms with E-state index in [1.807, 2.05) is 18.0 Å². The van der Waals surface area contributed by atoms with Crippen molar-refractivity contribution in [1.29, 1.82) is 0 Å². The number of aryl methyl sites for hydroxylation is 1. The Morgan fingerprint density at radius 2 is 1.97 bits per heavy atom. The molecule has 166 valence electrons. The summed E-state index contributed by atoms with van der Waals surface area (Å²) >= 11 is 0. The molecule has 0 unspecified atom stereocenters. The smallest absolute Gasteiger partial charge is 0.274 e. The van der Waals surface area contributed by atoms with Gasteiger partial charge in [-0.1, -0.05) is 12.8 Å². The molecule has 0 spiro atoms. The van der Waals surface area contributed by atoms with Gasteiger partial charge in [0.1, 0.15) is 11.5 Å². The van der Waals surface area contributed by atoms with Crippen LogP contribution < -0.4 is 5.56 Å². The maximum Gasteiger partial charge on any atom is 0.274 e. The molecule has 2 fully saturated rings. The van der Waals surface area contributed by atoms with Crippen LogP contribution in [0.25, 0.3) is 0 Å². The minimum atomic E-state index is -0.201. The summed E-state index contributed by atoms with van der Waals surface area (Å²) in [5, 5.41) is 4.40. The van der Waals surface area contributed by atoms with Crippen molar-refractivity contribution >= 4 is 5.91 Å². The number of H-pyrrole nitrogens is 1. The fourth-order valence-electron chi connectivity index (χ4n) is 5.48. The third kappa shape index (κ3) is 3.93. The van der Waals surface area contributed by atoms with E-state index in [9.17, 15) is 9.59 Å². The predicted octanol–water partition coefficient (Wildman–Crippen LogP) is 2.65. The molecule has 0 bridgehead atoms. The predicted molar refractivity (Wildman–Crippen MR) is 117 cm³/mol. The van der Waals surface area contributed by atoms with E-state index in [1.54, 1.807) is 10.7 Å². The lowest BCUT2D eigenvalue weighted by Gasteiger charge is -2.36. The van der Waals surface area contributed by atoms with Gasteiger partial charge in [-0.05, 0) is 51.5 Å². The van der Waals surface area contributed by atoms with Crippen LogP contribution in [0.3, 0.4) is 0 Å². The summed E-state index contributed by atoms with van der Waals surface area (Å²) in [4.78, 5) is 38.5. The second-order valence-electron chi connectivity index (χ2n) is 9.10. The highest BCUT2D eigenvalue weighted by Crippen LogP contribution is 2.31. The average Bonchev–Trinajstić information content (AvgIpc) is 3.50. The molecule has 8 nitrogen and oxygen atoms in total. The normalized spacial score (nSPS) is 22.6. The number of aromatic amines is 1. The second kappa shape index (κ2) is 8.57. The van der Waals surface area contributed by atoms with Gasteiger partial charge in [0.05, 0.1) is 11.7 Å². The minimum Gasteiger partial charge on any atom is -0.327 e. The van der Waals surface area contributed by atoms with Crippen LogP contribution in [0.5, 0.6) is 0 Å². The van der Waals surface area contributed by atoms with Crippen LogP contribution in [0, 0.1) is 0 Å². The molecule has 2 aliphatic heterocycles. The van der Waals surface area contributed by atoms with Crippen molar-refractivity contribution in [3.63, 3.8) is 0 Å². The van der Waals surface area contributed by atoms with Gasteiger partial charge in [0.25, 0.3) is 11.5 Å². The number of nitrogens with one attached hydrogen (secondary N) is 1. The van der Waals surface area contributed by atoms with Gasteiger partial charge in [0.2, 0.25) is 0 Å². The number of fused-ring (bicyclic) bond motifs is 1. The molecule has 1 aliphatic carbocycles. The molecule has 4 heterocycles. The molecule has 1 atom stereocenters. The number of amides is 1. The van der Waals surface area contributed by atoms with Crippen molar-refractivity contribution in [2.75, 3.05) is 13.1 Å². The van der Waals surface area contributed by atoms with E-state index in [1.165, 1.54) is 25.7 Å². The number of carbonyl (C=O) groups excluding carboxylic acids is 1. The molecule has 1 saturated heterocycles. The lowest BCUT2D eigenvalue weighted by molar-refractivity contribution is 0.0591. The topological polar surface area (TPSA) is 87.1 Å². The van der Waals surface area contributed by atoms with Gasteiger partial charge >= 0.3 is 0 Å². The number of carbonyl (C=O) groups is 1. The molecule has 8 heteroatoms. The lowest BCUT2D eigenvalue weighted by Crippen LogP contribution is -2.43. The number of nitrogens with zero attached hydrogens (tertiary/aromatic N) is 5. The summed E-state index contributed by atoms with van der Waals surface area (Å²) in [7, 11) is 0. The van der Waals surface area contributed by atoms with Crippen LogP contribution in [0.4, 0.5) is 0 Å². The molecule has 2 aromatic rings. The highest BCUT2D eigenvalue weighted by atomic mass is 16.2. The zero-order chi connectivity index (χ0) is 21.4. The number of piperidine rings is 1. The van der Waals surface area contributed by atoms with Gasteiger partial charge in [-0.2, -0.15) is 5.10 Å². The first kappa shape index (κ1) is 20.4. The quantitative estimate of drug-likeness (QED) is 0.815. The number of hydrogen-bond donors (Lipinski definition) is 1. The largest absolute Gasteiger partial charge is 0.327 e. The summed E-state index contributed by atoms with van der Waals surface area (Å²) in [5.74, 6) is 0.560. The molecule has 0 aromatic carbocycles. The summed E-state index contributed by atoms with van der Waals surface area (Å²) < 4.78 is 1.77. The van der Waals surface area contributed by atoms with E-state index in [2.05, 4.69) is 15.0 Å². The average molecular weight is 425 g/mol. The zero-order valence-electron chi connectivity index (χ0n) is 18.3. The van der Waals surface area contributed by atoms with Crippen molar-refractivity contribution < 1.29 is 4.79 Å². The zero-order valence-corrected chi connectivity index (χ0v) is 18.3. The van der Waals surface area contributed by atoms with Crippen molar-refractivity contribution in [3.8, 4) is 0 Å². The van der Waals surface area contributed by atoms with E-state index in [0.717, 1.165) is 56.6 Å². The Labute approximate surface area is 182 Å². The van der Waals surface area contributed by atoms with Crippen molar-refractivity contribution in [3.05, 3.63) is 45.4 Å². The minimum absolute atomic E-state index is 0.0284. The van der Waals surface area contributed by atoms with Crippen LogP contribution in [0.15, 0.2) is 17.1 Å². The molecule has 3 aliphatic rings. The van der Waals surface area contributed by atoms with Gasteiger partial charge < -0.3 is 9.88 Å². The molecular formula is C23H32N6O2. The van der Waals surface area contributed by atoms with Crippen LogP contribution in [0.1, 0.15) is 85.5 Å². The number of aromatic nitrogens is 4. The molecular weight excluding hydrogens is 392 g/mol. The van der Waals surface area contributed by atoms with Crippen LogP contribution in [-0.4, -0.2) is 54.6 Å². The molecule has 1 saturated carbocycles. The maximum atomic E-state index is 13.2. The van der Waals surface area contributed by atoms with Crippen molar-refractivity contribution in [1.82, 2.24) is 29.5 Å². The standard InChI is InChI=1S/C23H32N6O2/c1-2-28-14-11-18(26-28)23(31)29-12-6-5-9-20(29)21-24-19-15-27(16-7-3-4-8-16)13-10-17(19)22(30)25-21/h11,14,16,20H,2-10,12-13,15H2,1H3,(H,24,25,30)/t20-/m1/s1. The number of rotatable bonds is 4. The first-order valence-corrected chi connectivity index (χ1v) is 11.8. The highest BCUT2D eigenvalue weighted by molar-refractivity contribution is 5.92. The summed E-state index contributed by atoms with van der Waals surface area (Å²) in [5.41, 5.74) is 2.17. The Morgan fingerprint density at radius 3 is 2.74 bits per heavy atom. The Kier molecular flexibility index (Phi) is 5.65. The monoisotopic (exact) mass is 424 g/mol. The van der Waals surface area contributed by atoms with E-state index >= 15 is 0 Å². The van der Waals surface area contributed by atoms with E-state index < -0.39 is 0 Å². The molecule has 2 aromatic heterocycles. The van der Waals surface area contributed by atoms with Crippen molar-refractivity contribution in [2.24, 2.45) is 0 Å². The van der Waals surface area contributed by atoms with E-state index in [0.29, 0.717) is 24.1 Å². The van der Waals surface area contributed by atoms with Gasteiger partial charge in [-0.25, -0.2) is 4.98 Å². The molecule has 31 heavy (non-hydrogen) atoms. The summed E-state index contributed by atoms with van der Waals surface area (Å²) in [6.07, 6.45) is 10.5. The van der Waals surface area contributed by atoms with Crippen LogP contribution in [-0.2, 0) is 19.5 Å². The van der Waals surface area contributed by atoms with E-state index in [4.69, 9.17) is 4.98 Å². The SMILES string of the molecule is CCn1ccc(C(=O)N2CCCC[C@@H]2c2nc3c(c(=O)[nH]2)CCN(C2CCCC2)C3)n1. The molecule has 1 N–H and O–H groups in total. The third-order valence-electron chi connectivity index (χ3n) is 7.23. The number of likely N-dealkylation sites (tertiary alicyclic amines) is 1. The fourth-order valence-corrected chi connectivity index (χ4v) is 5.48. The Bertz CT molecular complexity index is 1010. The molecule has 1 amide bonds. The number of hydrogen-bond acceptors (Lipinski definition) is 5. The van der Waals surface area contributed by atoms with Gasteiger partial charge in [0.15, 0.2) is 0 Å². The Balaban J connectivity index is 1.42. The Morgan fingerprint density at radius 1 is 1.16 bits per heavy atom. The van der Waals surface area contributed by atoms with Crippen molar-refractivity contribution in [2.45, 2.75) is 83.5 Å².